The van der Waals surface area contributed by atoms with Gasteiger partial charge in [0.15, 0.2) is 0 Å². The van der Waals surface area contributed by atoms with Crippen LogP contribution in [0.15, 0.2) is 41.2 Å². The van der Waals surface area contributed by atoms with E-state index in [0.717, 1.165) is 0 Å². The third-order valence-electron chi connectivity index (χ3n) is 3.20. The van der Waals surface area contributed by atoms with Gasteiger partial charge in [0.25, 0.3) is 11.2 Å². The molecule has 0 bridgehead atoms. The van der Waals surface area contributed by atoms with E-state index < -0.39 is 16.5 Å². The summed E-state index contributed by atoms with van der Waals surface area (Å²) in [5, 5.41) is 19.9. The van der Waals surface area contributed by atoms with Crippen molar-refractivity contribution in [2.24, 2.45) is 0 Å². The number of hydrogen-bond donors (Lipinski definition) is 1. The Morgan fingerprint density at radius 3 is 2.64 bits per heavy atom. The van der Waals surface area contributed by atoms with Crippen molar-refractivity contribution in [3.05, 3.63) is 62.4 Å². The molecule has 0 amide bonds. The fraction of sp³-hybridized carbons (Fsp3) is 0.200. The number of pyridine rings is 1. The lowest BCUT2D eigenvalue weighted by atomic mass is 10.1. The number of aromatic nitrogens is 1. The van der Waals surface area contributed by atoms with Crippen molar-refractivity contribution in [3.63, 3.8) is 0 Å². The molecule has 0 radical (unpaired) electrons. The Hall–Kier alpha value is -2.96. The molecule has 0 unspecified atom stereocenters. The summed E-state index contributed by atoms with van der Waals surface area (Å²) in [4.78, 5) is 33.7. The molecule has 1 N–H and O–H groups in total. The summed E-state index contributed by atoms with van der Waals surface area (Å²) in [7, 11) is 0. The molecular weight excluding hydrogens is 288 g/mol. The van der Waals surface area contributed by atoms with Crippen LogP contribution < -0.4 is 5.56 Å². The average Bonchev–Trinajstić information content (AvgIpc) is 2.49. The number of non-ortho nitro benzene ring substituents is 1. The second-order valence-electron chi connectivity index (χ2n) is 4.70. The number of aromatic carboxylic acids is 1. The lowest BCUT2D eigenvalue weighted by Crippen LogP contribution is -2.27. The molecule has 0 fully saturated rings. The molecular formula is C15H14N2O5. The summed E-state index contributed by atoms with van der Waals surface area (Å²) in [5.41, 5.74) is -0.0615. The summed E-state index contributed by atoms with van der Waals surface area (Å²) in [6, 6.07) is 8.62. The van der Waals surface area contributed by atoms with Gasteiger partial charge in [-0.2, -0.15) is 0 Å². The number of rotatable bonds is 5. The number of carbonyl (C=O) groups is 1. The third-order valence-corrected chi connectivity index (χ3v) is 3.20. The molecule has 0 spiro atoms. The summed E-state index contributed by atoms with van der Waals surface area (Å²) < 4.78 is 1.34. The van der Waals surface area contributed by atoms with Crippen molar-refractivity contribution in [3.8, 4) is 11.3 Å². The number of carboxylic acid groups (broad SMARTS) is 1. The van der Waals surface area contributed by atoms with Crippen LogP contribution in [0.25, 0.3) is 11.3 Å². The van der Waals surface area contributed by atoms with Crippen LogP contribution >= 0.6 is 0 Å². The van der Waals surface area contributed by atoms with Crippen molar-refractivity contribution in [1.82, 2.24) is 4.57 Å². The fourth-order valence-electron chi connectivity index (χ4n) is 2.22. The normalized spacial score (nSPS) is 10.4. The van der Waals surface area contributed by atoms with E-state index in [1.165, 1.54) is 34.9 Å². The minimum atomic E-state index is -1.29. The fourth-order valence-corrected chi connectivity index (χ4v) is 2.22. The van der Waals surface area contributed by atoms with Gasteiger partial charge in [-0.05, 0) is 18.6 Å². The number of nitro benzene ring substituents is 1. The molecule has 22 heavy (non-hydrogen) atoms. The minimum absolute atomic E-state index is 0.0877. The quantitative estimate of drug-likeness (QED) is 0.675. The highest BCUT2D eigenvalue weighted by Crippen LogP contribution is 2.23. The zero-order chi connectivity index (χ0) is 16.3. The molecule has 1 heterocycles. The smallest absolute Gasteiger partial charge is 0.341 e. The Kier molecular flexibility index (Phi) is 4.36. The van der Waals surface area contributed by atoms with Gasteiger partial charge >= 0.3 is 5.97 Å². The van der Waals surface area contributed by atoms with Gasteiger partial charge < -0.3 is 9.67 Å². The van der Waals surface area contributed by atoms with E-state index in [0.29, 0.717) is 24.2 Å². The van der Waals surface area contributed by atoms with Crippen molar-refractivity contribution < 1.29 is 14.8 Å². The maximum Gasteiger partial charge on any atom is 0.341 e. The first kappa shape index (κ1) is 15.4. The number of nitro groups is 1. The standard InChI is InChI=1S/C15H14N2O5/c1-2-8-16-13(7-6-12(14(16)18)15(19)20)10-4-3-5-11(9-10)17(21)22/h3-7,9H,2,8H2,1H3,(H,19,20). The molecule has 7 heteroatoms. The summed E-state index contributed by atoms with van der Waals surface area (Å²) in [5.74, 6) is -1.29. The molecule has 0 aliphatic rings. The molecule has 114 valence electrons. The van der Waals surface area contributed by atoms with Gasteiger partial charge in [-0.1, -0.05) is 19.1 Å². The highest BCUT2D eigenvalue weighted by molar-refractivity contribution is 5.87. The number of benzene rings is 1. The van der Waals surface area contributed by atoms with Crippen LogP contribution in [-0.2, 0) is 6.54 Å². The van der Waals surface area contributed by atoms with Crippen LogP contribution in [0.3, 0.4) is 0 Å². The van der Waals surface area contributed by atoms with E-state index in [1.807, 2.05) is 6.92 Å². The topological polar surface area (TPSA) is 102 Å². The largest absolute Gasteiger partial charge is 0.477 e. The van der Waals surface area contributed by atoms with Gasteiger partial charge in [-0.3, -0.25) is 14.9 Å². The molecule has 2 aromatic rings. The van der Waals surface area contributed by atoms with E-state index in [9.17, 15) is 19.7 Å². The van der Waals surface area contributed by atoms with Gasteiger partial charge in [0.05, 0.1) is 10.6 Å². The maximum absolute atomic E-state index is 12.3. The lowest BCUT2D eigenvalue weighted by Gasteiger charge is -2.13. The third kappa shape index (κ3) is 2.88. The van der Waals surface area contributed by atoms with Crippen molar-refractivity contribution in [1.29, 1.82) is 0 Å². The Bertz CT molecular complexity index is 795. The van der Waals surface area contributed by atoms with E-state index in [1.54, 1.807) is 6.07 Å². The van der Waals surface area contributed by atoms with Gasteiger partial charge in [-0.25, -0.2) is 4.79 Å². The maximum atomic E-state index is 12.3. The Morgan fingerprint density at radius 2 is 2.05 bits per heavy atom. The van der Waals surface area contributed by atoms with Gasteiger partial charge in [0.1, 0.15) is 5.56 Å². The summed E-state index contributed by atoms with van der Waals surface area (Å²) in [6.07, 6.45) is 0.630. The molecule has 2 rings (SSSR count). The zero-order valence-corrected chi connectivity index (χ0v) is 11.9. The van der Waals surface area contributed by atoms with Crippen molar-refractivity contribution >= 4 is 11.7 Å². The van der Waals surface area contributed by atoms with Crippen LogP contribution in [0.5, 0.6) is 0 Å². The molecule has 0 saturated heterocycles. The van der Waals surface area contributed by atoms with Crippen LogP contribution in [0, 0.1) is 10.1 Å². The molecule has 1 aromatic carbocycles. The first-order chi connectivity index (χ1) is 10.5. The lowest BCUT2D eigenvalue weighted by molar-refractivity contribution is -0.384. The summed E-state index contributed by atoms with van der Waals surface area (Å²) in [6.45, 7) is 2.19. The number of hydrogen-bond acceptors (Lipinski definition) is 4. The SMILES string of the molecule is CCCn1c(-c2cccc([N+](=O)[O-])c2)ccc(C(=O)O)c1=O. The highest BCUT2D eigenvalue weighted by Gasteiger charge is 2.16. The van der Waals surface area contributed by atoms with Gasteiger partial charge in [0, 0.05) is 24.2 Å². The van der Waals surface area contributed by atoms with Crippen LogP contribution in [0.1, 0.15) is 23.7 Å². The monoisotopic (exact) mass is 302 g/mol. The first-order valence-corrected chi connectivity index (χ1v) is 6.67. The molecule has 1 aromatic heterocycles. The molecule has 0 atom stereocenters. The van der Waals surface area contributed by atoms with Crippen LogP contribution in [-0.4, -0.2) is 20.6 Å². The van der Waals surface area contributed by atoms with Crippen molar-refractivity contribution in [2.45, 2.75) is 19.9 Å². The minimum Gasteiger partial charge on any atom is -0.477 e. The van der Waals surface area contributed by atoms with E-state index in [-0.39, 0.29) is 11.3 Å². The molecule has 0 saturated carbocycles. The molecule has 0 aliphatic carbocycles. The van der Waals surface area contributed by atoms with E-state index in [4.69, 9.17) is 5.11 Å². The Balaban J connectivity index is 2.67. The predicted molar refractivity (Wildman–Crippen MR) is 80.0 cm³/mol. The Morgan fingerprint density at radius 1 is 1.32 bits per heavy atom. The Labute approximate surface area is 125 Å². The first-order valence-electron chi connectivity index (χ1n) is 6.67. The van der Waals surface area contributed by atoms with Crippen LogP contribution in [0.2, 0.25) is 0 Å². The number of nitrogens with zero attached hydrogens (tertiary/aromatic N) is 2. The highest BCUT2D eigenvalue weighted by atomic mass is 16.6. The second kappa shape index (κ2) is 6.21. The van der Waals surface area contributed by atoms with Crippen molar-refractivity contribution in [2.75, 3.05) is 0 Å². The van der Waals surface area contributed by atoms with Crippen LogP contribution in [0.4, 0.5) is 5.69 Å². The molecule has 0 aliphatic heterocycles. The predicted octanol–water partition coefficient (Wildman–Crippen LogP) is 2.53. The van der Waals surface area contributed by atoms with Gasteiger partial charge in [0.2, 0.25) is 0 Å². The average molecular weight is 302 g/mol. The second-order valence-corrected chi connectivity index (χ2v) is 4.70. The van der Waals surface area contributed by atoms with E-state index >= 15 is 0 Å². The zero-order valence-electron chi connectivity index (χ0n) is 11.9. The number of carboxylic acids is 1. The summed E-state index contributed by atoms with van der Waals surface area (Å²) >= 11 is 0. The van der Waals surface area contributed by atoms with E-state index in [2.05, 4.69) is 0 Å². The van der Waals surface area contributed by atoms with Gasteiger partial charge in [-0.15, -0.1) is 0 Å². The molecule has 7 nitrogen and oxygen atoms in total.